The van der Waals surface area contributed by atoms with Crippen LogP contribution in [0.5, 0.6) is 0 Å². The van der Waals surface area contributed by atoms with Gasteiger partial charge in [0, 0.05) is 37.9 Å². The van der Waals surface area contributed by atoms with Crippen molar-refractivity contribution >= 4 is 5.95 Å². The fourth-order valence-corrected chi connectivity index (χ4v) is 2.01. The molecule has 0 aliphatic carbocycles. The van der Waals surface area contributed by atoms with E-state index in [1.165, 1.54) is 0 Å². The SMILES string of the molecule is CCCCc1cc(=O)[nH]c(N2CCNCC2)n1. The number of rotatable bonds is 4. The number of H-pyrrole nitrogens is 1. The minimum absolute atomic E-state index is 0.0420. The molecule has 0 unspecified atom stereocenters. The van der Waals surface area contributed by atoms with Crippen molar-refractivity contribution in [3.63, 3.8) is 0 Å². The van der Waals surface area contributed by atoms with Gasteiger partial charge < -0.3 is 10.2 Å². The highest BCUT2D eigenvalue weighted by molar-refractivity contribution is 5.31. The molecular weight excluding hydrogens is 216 g/mol. The normalized spacial score (nSPS) is 16.2. The molecule has 0 saturated carbocycles. The zero-order valence-electron chi connectivity index (χ0n) is 10.3. The Hall–Kier alpha value is -1.36. The molecule has 0 atom stereocenters. The maximum Gasteiger partial charge on any atom is 0.252 e. The van der Waals surface area contributed by atoms with Crippen LogP contribution in [0.3, 0.4) is 0 Å². The Balaban J connectivity index is 2.15. The fourth-order valence-electron chi connectivity index (χ4n) is 2.01. The molecule has 5 heteroatoms. The van der Waals surface area contributed by atoms with Crippen LogP contribution in [-0.2, 0) is 6.42 Å². The highest BCUT2D eigenvalue weighted by atomic mass is 16.1. The predicted molar refractivity (Wildman–Crippen MR) is 68.6 cm³/mol. The van der Waals surface area contributed by atoms with Gasteiger partial charge in [0.1, 0.15) is 0 Å². The maximum atomic E-state index is 11.6. The molecule has 1 aromatic heterocycles. The van der Waals surface area contributed by atoms with Gasteiger partial charge in [-0.1, -0.05) is 13.3 Å². The van der Waals surface area contributed by atoms with E-state index >= 15 is 0 Å². The molecule has 0 spiro atoms. The van der Waals surface area contributed by atoms with Crippen LogP contribution in [0.1, 0.15) is 25.5 Å². The summed E-state index contributed by atoms with van der Waals surface area (Å²) in [6.07, 6.45) is 3.09. The molecule has 2 rings (SSSR count). The standard InChI is InChI=1S/C12H20N4O/c1-2-3-4-10-9-11(17)15-12(14-10)16-7-5-13-6-8-16/h9,13H,2-8H2,1H3,(H,14,15,17). The van der Waals surface area contributed by atoms with E-state index in [-0.39, 0.29) is 5.56 Å². The number of nitrogens with zero attached hydrogens (tertiary/aromatic N) is 2. The van der Waals surface area contributed by atoms with Gasteiger partial charge in [-0.25, -0.2) is 4.98 Å². The largest absolute Gasteiger partial charge is 0.340 e. The molecule has 94 valence electrons. The number of piperazine rings is 1. The lowest BCUT2D eigenvalue weighted by Crippen LogP contribution is -2.44. The van der Waals surface area contributed by atoms with Crippen LogP contribution in [0, 0.1) is 0 Å². The zero-order valence-corrected chi connectivity index (χ0v) is 10.3. The van der Waals surface area contributed by atoms with Crippen molar-refractivity contribution in [3.8, 4) is 0 Å². The molecule has 0 aromatic carbocycles. The van der Waals surface area contributed by atoms with Crippen LogP contribution in [0.15, 0.2) is 10.9 Å². The maximum absolute atomic E-state index is 11.6. The van der Waals surface area contributed by atoms with E-state index in [2.05, 4.69) is 27.1 Å². The summed E-state index contributed by atoms with van der Waals surface area (Å²) < 4.78 is 0. The van der Waals surface area contributed by atoms with Crippen molar-refractivity contribution in [1.29, 1.82) is 0 Å². The molecular formula is C12H20N4O. The van der Waals surface area contributed by atoms with Crippen molar-refractivity contribution in [2.24, 2.45) is 0 Å². The average Bonchev–Trinajstić information content (AvgIpc) is 2.37. The Morgan fingerprint density at radius 1 is 1.41 bits per heavy atom. The van der Waals surface area contributed by atoms with Crippen molar-refractivity contribution in [2.75, 3.05) is 31.1 Å². The Bertz CT molecular complexity index is 409. The third kappa shape index (κ3) is 3.30. The van der Waals surface area contributed by atoms with Crippen LogP contribution in [0.2, 0.25) is 0 Å². The zero-order chi connectivity index (χ0) is 12.1. The number of hydrogen-bond acceptors (Lipinski definition) is 4. The summed E-state index contributed by atoms with van der Waals surface area (Å²) in [4.78, 5) is 21.1. The lowest BCUT2D eigenvalue weighted by atomic mass is 10.2. The Kier molecular flexibility index (Phi) is 4.14. The van der Waals surface area contributed by atoms with Gasteiger partial charge in [-0.3, -0.25) is 9.78 Å². The minimum Gasteiger partial charge on any atom is -0.340 e. The Morgan fingerprint density at radius 2 is 2.18 bits per heavy atom. The van der Waals surface area contributed by atoms with E-state index < -0.39 is 0 Å². The molecule has 17 heavy (non-hydrogen) atoms. The number of nitrogens with one attached hydrogen (secondary N) is 2. The predicted octanol–water partition coefficient (Wildman–Crippen LogP) is 0.522. The molecule has 1 aliphatic rings. The number of hydrogen-bond donors (Lipinski definition) is 2. The average molecular weight is 236 g/mol. The van der Waals surface area contributed by atoms with Crippen LogP contribution < -0.4 is 15.8 Å². The van der Waals surface area contributed by atoms with Gasteiger partial charge >= 0.3 is 0 Å². The van der Waals surface area contributed by atoms with Crippen LogP contribution in [0.4, 0.5) is 5.95 Å². The van der Waals surface area contributed by atoms with E-state index in [0.717, 1.165) is 57.1 Å². The van der Waals surface area contributed by atoms with Crippen molar-refractivity contribution in [3.05, 3.63) is 22.1 Å². The number of aryl methyl sites for hydroxylation is 1. The third-order valence-electron chi connectivity index (χ3n) is 2.99. The second kappa shape index (κ2) is 5.82. The van der Waals surface area contributed by atoms with Crippen molar-refractivity contribution in [2.45, 2.75) is 26.2 Å². The second-order valence-electron chi connectivity index (χ2n) is 4.40. The lowest BCUT2D eigenvalue weighted by Gasteiger charge is -2.27. The van der Waals surface area contributed by atoms with Gasteiger partial charge in [0.05, 0.1) is 0 Å². The fraction of sp³-hybridized carbons (Fsp3) is 0.667. The molecule has 0 radical (unpaired) electrons. The van der Waals surface area contributed by atoms with Gasteiger partial charge in [0.25, 0.3) is 5.56 Å². The molecule has 1 aliphatic heterocycles. The van der Waals surface area contributed by atoms with E-state index in [0.29, 0.717) is 0 Å². The molecule has 0 bridgehead atoms. The van der Waals surface area contributed by atoms with Crippen molar-refractivity contribution < 1.29 is 0 Å². The van der Waals surface area contributed by atoms with Crippen LogP contribution in [0.25, 0.3) is 0 Å². The molecule has 2 heterocycles. The van der Waals surface area contributed by atoms with Gasteiger partial charge in [-0.2, -0.15) is 0 Å². The summed E-state index contributed by atoms with van der Waals surface area (Å²) in [7, 11) is 0. The van der Waals surface area contributed by atoms with Crippen molar-refractivity contribution in [1.82, 2.24) is 15.3 Å². The summed E-state index contributed by atoms with van der Waals surface area (Å²) >= 11 is 0. The second-order valence-corrected chi connectivity index (χ2v) is 4.40. The van der Waals surface area contributed by atoms with Crippen LogP contribution >= 0.6 is 0 Å². The molecule has 2 N–H and O–H groups in total. The molecule has 1 saturated heterocycles. The summed E-state index contributed by atoms with van der Waals surface area (Å²) in [5, 5.41) is 3.29. The Labute approximate surface area is 101 Å². The highest BCUT2D eigenvalue weighted by Gasteiger charge is 2.13. The first-order valence-electron chi connectivity index (χ1n) is 6.35. The van der Waals surface area contributed by atoms with Gasteiger partial charge in [0.2, 0.25) is 5.95 Å². The molecule has 5 nitrogen and oxygen atoms in total. The van der Waals surface area contributed by atoms with E-state index in [4.69, 9.17) is 0 Å². The lowest BCUT2D eigenvalue weighted by molar-refractivity contribution is 0.577. The molecule has 0 amide bonds. The number of aromatic amines is 1. The summed E-state index contributed by atoms with van der Waals surface area (Å²) in [5.41, 5.74) is 0.865. The van der Waals surface area contributed by atoms with Gasteiger partial charge in [-0.05, 0) is 12.8 Å². The topological polar surface area (TPSA) is 61.0 Å². The molecule has 1 fully saturated rings. The first-order chi connectivity index (χ1) is 8.29. The first kappa shape index (κ1) is 12.1. The Morgan fingerprint density at radius 3 is 2.88 bits per heavy atom. The summed E-state index contributed by atoms with van der Waals surface area (Å²) in [5.74, 6) is 0.727. The minimum atomic E-state index is -0.0420. The number of unbranched alkanes of at least 4 members (excludes halogenated alkanes) is 1. The summed E-state index contributed by atoms with van der Waals surface area (Å²) in [6, 6.07) is 1.61. The van der Waals surface area contributed by atoms with Crippen LogP contribution in [-0.4, -0.2) is 36.1 Å². The number of anilines is 1. The smallest absolute Gasteiger partial charge is 0.252 e. The van der Waals surface area contributed by atoms with Gasteiger partial charge in [0.15, 0.2) is 0 Å². The molecule has 1 aromatic rings. The highest BCUT2D eigenvalue weighted by Crippen LogP contribution is 2.08. The van der Waals surface area contributed by atoms with E-state index in [1.807, 2.05) is 0 Å². The van der Waals surface area contributed by atoms with E-state index in [9.17, 15) is 4.79 Å². The monoisotopic (exact) mass is 236 g/mol. The number of aromatic nitrogens is 2. The quantitative estimate of drug-likeness (QED) is 0.800. The van der Waals surface area contributed by atoms with Gasteiger partial charge in [-0.15, -0.1) is 0 Å². The third-order valence-corrected chi connectivity index (χ3v) is 2.99. The van der Waals surface area contributed by atoms with E-state index in [1.54, 1.807) is 6.07 Å². The first-order valence-corrected chi connectivity index (χ1v) is 6.35. The summed E-state index contributed by atoms with van der Waals surface area (Å²) in [6.45, 7) is 5.84.